The van der Waals surface area contributed by atoms with E-state index in [4.69, 9.17) is 28.6 Å². The Labute approximate surface area is 196 Å². The van der Waals surface area contributed by atoms with Gasteiger partial charge >= 0.3 is 6.09 Å². The van der Waals surface area contributed by atoms with Crippen LogP contribution in [0.2, 0.25) is 5.02 Å². The van der Waals surface area contributed by atoms with E-state index >= 15 is 0 Å². The van der Waals surface area contributed by atoms with E-state index in [9.17, 15) is 14.9 Å². The molecule has 31 heavy (non-hydrogen) atoms. The first-order valence-corrected chi connectivity index (χ1v) is 12.3. The lowest BCUT2D eigenvalue weighted by Crippen LogP contribution is -2.48. The molecule has 6 nitrogen and oxygen atoms in total. The van der Waals surface area contributed by atoms with Gasteiger partial charge in [-0.2, -0.15) is 0 Å². The lowest BCUT2D eigenvalue weighted by atomic mass is 9.86. The Bertz CT molecular complexity index is 1280. The second-order valence-electron chi connectivity index (χ2n) is 7.41. The first kappa shape index (κ1) is 21.9. The molecule has 1 aliphatic rings. The number of amides is 1. The molecule has 1 aromatic heterocycles. The number of fused-ring (bicyclic) bond motifs is 3. The van der Waals surface area contributed by atoms with Crippen molar-refractivity contribution in [3.05, 3.63) is 60.2 Å². The quantitative estimate of drug-likeness (QED) is 0.162. The van der Waals surface area contributed by atoms with Crippen LogP contribution in [0.3, 0.4) is 0 Å². The van der Waals surface area contributed by atoms with Gasteiger partial charge in [-0.3, -0.25) is 15.0 Å². The van der Waals surface area contributed by atoms with E-state index in [1.807, 2.05) is 32.0 Å². The zero-order chi connectivity index (χ0) is 22.5. The highest BCUT2D eigenvalue weighted by Gasteiger charge is 2.43. The van der Waals surface area contributed by atoms with Gasteiger partial charge in [0.05, 0.1) is 27.6 Å². The van der Waals surface area contributed by atoms with Crippen LogP contribution in [0.25, 0.3) is 22.3 Å². The number of hydrogen-bond acceptors (Lipinski definition) is 7. The molecule has 0 bridgehead atoms. The standard InChI is InChI=1S/C21H17ClN2O4S3/c1-4-28-20(25)23-15-8-6-11(12-5-7-14(22)16(10-12)24(26)27)9-13(15)17-18(21(23,2)3)30-31-19(17)29/h5-10H,4H2,1-3H3. The maximum absolute atomic E-state index is 12.9. The predicted molar refractivity (Wildman–Crippen MR) is 128 cm³/mol. The van der Waals surface area contributed by atoms with Crippen LogP contribution in [0.1, 0.15) is 25.6 Å². The van der Waals surface area contributed by atoms with Crippen molar-refractivity contribution in [3.8, 4) is 22.3 Å². The van der Waals surface area contributed by atoms with Gasteiger partial charge in [0.15, 0.2) is 0 Å². The van der Waals surface area contributed by atoms with Crippen LogP contribution < -0.4 is 4.90 Å². The van der Waals surface area contributed by atoms with E-state index in [0.29, 0.717) is 11.3 Å². The number of benzene rings is 2. The third kappa shape index (κ3) is 3.55. The number of carbonyl (C=O) groups excluding carboxylic acids is 1. The minimum Gasteiger partial charge on any atom is -0.449 e. The topological polar surface area (TPSA) is 72.7 Å². The van der Waals surface area contributed by atoms with Crippen LogP contribution in [0.15, 0.2) is 36.4 Å². The van der Waals surface area contributed by atoms with E-state index in [1.165, 1.54) is 22.5 Å². The Kier molecular flexibility index (Phi) is 5.63. The second-order valence-corrected chi connectivity index (χ2v) is 10.6. The predicted octanol–water partition coefficient (Wildman–Crippen LogP) is 7.65. The first-order valence-electron chi connectivity index (χ1n) is 9.36. The highest BCUT2D eigenvalue weighted by atomic mass is 35.5. The summed E-state index contributed by atoms with van der Waals surface area (Å²) in [5.74, 6) is 0. The highest BCUT2D eigenvalue weighted by Crippen LogP contribution is 2.53. The third-order valence-electron chi connectivity index (χ3n) is 5.18. The molecule has 1 aliphatic heterocycles. The van der Waals surface area contributed by atoms with Gasteiger partial charge in [0, 0.05) is 17.2 Å². The molecule has 4 rings (SSSR count). The number of nitrogens with zero attached hydrogens (tertiary/aromatic N) is 2. The molecule has 0 N–H and O–H groups in total. The van der Waals surface area contributed by atoms with Crippen LogP contribution in [0, 0.1) is 13.9 Å². The van der Waals surface area contributed by atoms with Crippen LogP contribution in [0.4, 0.5) is 16.2 Å². The largest absolute Gasteiger partial charge is 0.449 e. The van der Waals surface area contributed by atoms with Crippen LogP contribution in [-0.2, 0) is 10.3 Å². The fourth-order valence-corrected chi connectivity index (χ4v) is 7.22. The number of halogens is 1. The number of ether oxygens (including phenoxy) is 1. The molecule has 1 amide bonds. The molecule has 3 aromatic rings. The molecule has 0 aliphatic carbocycles. The smallest absolute Gasteiger partial charge is 0.415 e. The average Bonchev–Trinajstić information content (AvgIpc) is 3.11. The van der Waals surface area contributed by atoms with Gasteiger partial charge < -0.3 is 4.74 Å². The number of nitro benzene ring substituents is 1. The summed E-state index contributed by atoms with van der Waals surface area (Å²) >= 11 is 11.6. The first-order chi connectivity index (χ1) is 14.7. The normalized spacial score (nSPS) is 14.0. The van der Waals surface area contributed by atoms with E-state index < -0.39 is 16.6 Å². The summed E-state index contributed by atoms with van der Waals surface area (Å²) in [6.07, 6.45) is -0.432. The van der Waals surface area contributed by atoms with E-state index in [0.717, 1.165) is 25.4 Å². The van der Waals surface area contributed by atoms with Crippen LogP contribution in [-0.4, -0.2) is 17.6 Å². The SMILES string of the molecule is CCOC(=O)N1c2ccc(-c3ccc(Cl)c([N+](=O)[O-])c3)cc2-c2c(ssc2=S)C1(C)C. The van der Waals surface area contributed by atoms with Crippen molar-refractivity contribution < 1.29 is 14.5 Å². The molecular weight excluding hydrogens is 476 g/mol. The van der Waals surface area contributed by atoms with Gasteiger partial charge in [0.1, 0.15) is 8.85 Å². The van der Waals surface area contributed by atoms with Gasteiger partial charge in [-0.25, -0.2) is 4.79 Å². The molecule has 0 unspecified atom stereocenters. The zero-order valence-corrected chi connectivity index (χ0v) is 20.0. The van der Waals surface area contributed by atoms with Crippen LogP contribution in [0.5, 0.6) is 0 Å². The van der Waals surface area contributed by atoms with Crippen molar-refractivity contribution in [2.45, 2.75) is 26.3 Å². The van der Waals surface area contributed by atoms with E-state index in [2.05, 4.69) is 0 Å². The monoisotopic (exact) mass is 492 g/mol. The molecule has 0 atom stereocenters. The summed E-state index contributed by atoms with van der Waals surface area (Å²) < 4.78 is 6.09. The Morgan fingerprint density at radius 3 is 2.58 bits per heavy atom. The molecular formula is C21H17ClN2O4S3. The fourth-order valence-electron chi connectivity index (χ4n) is 3.76. The molecule has 0 fully saturated rings. The van der Waals surface area contributed by atoms with Crippen molar-refractivity contribution >= 4 is 62.0 Å². The fraction of sp³-hybridized carbons (Fsp3) is 0.238. The van der Waals surface area contributed by atoms with Crippen molar-refractivity contribution in [2.24, 2.45) is 0 Å². The number of hydrogen-bond donors (Lipinski definition) is 0. The zero-order valence-electron chi connectivity index (χ0n) is 16.8. The van der Waals surface area contributed by atoms with Crippen molar-refractivity contribution in [2.75, 3.05) is 11.5 Å². The van der Waals surface area contributed by atoms with Gasteiger partial charge in [-0.05, 0) is 50.1 Å². The van der Waals surface area contributed by atoms with Gasteiger partial charge in [-0.15, -0.1) is 0 Å². The summed E-state index contributed by atoms with van der Waals surface area (Å²) in [6.45, 7) is 5.98. The van der Waals surface area contributed by atoms with Gasteiger partial charge in [0.25, 0.3) is 5.69 Å². The Morgan fingerprint density at radius 1 is 1.23 bits per heavy atom. The summed E-state index contributed by atoms with van der Waals surface area (Å²) in [5.41, 5.74) is 3.05. The number of rotatable bonds is 3. The number of carbonyl (C=O) groups is 1. The molecule has 0 saturated carbocycles. The summed E-state index contributed by atoms with van der Waals surface area (Å²) in [4.78, 5) is 26.4. The van der Waals surface area contributed by atoms with Crippen molar-refractivity contribution in [1.82, 2.24) is 0 Å². The maximum atomic E-state index is 12.9. The number of nitro groups is 1. The minimum absolute atomic E-state index is 0.0803. The summed E-state index contributed by atoms with van der Waals surface area (Å²) in [5, 5.41) is 11.4. The Morgan fingerprint density at radius 2 is 1.90 bits per heavy atom. The third-order valence-corrected chi connectivity index (χ3v) is 8.83. The van der Waals surface area contributed by atoms with Gasteiger partial charge in [0.2, 0.25) is 0 Å². The minimum atomic E-state index is -0.632. The molecule has 10 heteroatoms. The van der Waals surface area contributed by atoms with Crippen molar-refractivity contribution in [1.29, 1.82) is 0 Å². The molecule has 0 spiro atoms. The molecule has 160 valence electrons. The molecule has 0 radical (unpaired) electrons. The molecule has 2 aromatic carbocycles. The Hall–Kier alpha value is -2.33. The van der Waals surface area contributed by atoms with E-state index in [-0.39, 0.29) is 17.3 Å². The lowest BCUT2D eigenvalue weighted by molar-refractivity contribution is -0.384. The highest BCUT2D eigenvalue weighted by molar-refractivity contribution is 7.80. The summed E-state index contributed by atoms with van der Waals surface area (Å²) in [6, 6.07) is 10.3. The summed E-state index contributed by atoms with van der Waals surface area (Å²) in [7, 11) is 3.05. The molecule has 0 saturated heterocycles. The maximum Gasteiger partial charge on any atom is 0.415 e. The Balaban J connectivity index is 1.95. The average molecular weight is 493 g/mol. The molecule has 2 heterocycles. The second kappa shape index (κ2) is 7.98. The van der Waals surface area contributed by atoms with E-state index in [1.54, 1.807) is 28.2 Å². The number of anilines is 1. The lowest BCUT2D eigenvalue weighted by Gasteiger charge is -2.42. The van der Waals surface area contributed by atoms with Crippen LogP contribution >= 0.6 is 44.5 Å². The van der Waals surface area contributed by atoms with Gasteiger partial charge in [-0.1, -0.05) is 56.6 Å². The van der Waals surface area contributed by atoms with Crippen molar-refractivity contribution in [3.63, 3.8) is 0 Å².